The Kier molecular flexibility index (Phi) is 7.07. The molecule has 10 nitrogen and oxygen atoms in total. The molecule has 6 rings (SSSR count). The van der Waals surface area contributed by atoms with E-state index in [-0.39, 0.29) is 18.1 Å². The second-order valence-electron chi connectivity index (χ2n) is 11.8. The van der Waals surface area contributed by atoms with Gasteiger partial charge in [-0.2, -0.15) is 9.67 Å². The van der Waals surface area contributed by atoms with Gasteiger partial charge in [0, 0.05) is 17.3 Å². The maximum Gasteiger partial charge on any atom is 0.407 e. The lowest BCUT2D eigenvalue weighted by Gasteiger charge is -2.22. The summed E-state index contributed by atoms with van der Waals surface area (Å²) >= 11 is 0. The number of rotatable bonds is 4. The second-order valence-corrected chi connectivity index (χ2v) is 11.8. The Bertz CT molecular complexity index is 1590. The average molecular weight is 553 g/mol. The maximum atomic E-state index is 12.3. The molecule has 41 heavy (non-hydrogen) atoms. The number of hydrogen-bond donors (Lipinski definition) is 3. The summed E-state index contributed by atoms with van der Waals surface area (Å²) in [5, 5.41) is 20.0. The van der Waals surface area contributed by atoms with Crippen molar-refractivity contribution in [2.45, 2.75) is 77.4 Å². The van der Waals surface area contributed by atoms with Gasteiger partial charge in [0.25, 0.3) is 0 Å². The van der Waals surface area contributed by atoms with Crippen molar-refractivity contribution in [1.82, 2.24) is 30.3 Å². The highest BCUT2D eigenvalue weighted by atomic mass is 16.6. The zero-order valence-electron chi connectivity index (χ0n) is 23.8. The fourth-order valence-corrected chi connectivity index (χ4v) is 5.68. The molecular weight excluding hydrogens is 516 g/mol. The summed E-state index contributed by atoms with van der Waals surface area (Å²) in [5.74, 6) is 1.20. The smallest absolute Gasteiger partial charge is 0.407 e. The molecule has 4 aromatic rings. The van der Waals surface area contributed by atoms with Crippen LogP contribution in [0.25, 0.3) is 17.1 Å². The van der Waals surface area contributed by atoms with E-state index in [0.717, 1.165) is 67.5 Å². The summed E-state index contributed by atoms with van der Waals surface area (Å²) in [6.07, 6.45) is 6.04. The molecule has 0 bridgehead atoms. The van der Waals surface area contributed by atoms with Gasteiger partial charge in [-0.25, -0.2) is 4.79 Å². The summed E-state index contributed by atoms with van der Waals surface area (Å²) in [4.78, 5) is 16.7. The molecule has 0 radical (unpaired) electrons. The van der Waals surface area contributed by atoms with Gasteiger partial charge < -0.3 is 21.1 Å². The third-order valence-electron chi connectivity index (χ3n) is 7.57. The van der Waals surface area contributed by atoms with Crippen LogP contribution in [0.15, 0.2) is 48.5 Å². The number of fused-ring (bicyclic) bond motifs is 4. The van der Waals surface area contributed by atoms with Crippen LogP contribution in [0.3, 0.4) is 0 Å². The molecule has 0 fully saturated rings. The van der Waals surface area contributed by atoms with Crippen molar-refractivity contribution < 1.29 is 9.53 Å². The number of hydrogen-bond acceptors (Lipinski definition) is 8. The lowest BCUT2D eigenvalue weighted by molar-refractivity contribution is 0.0500. The second kappa shape index (κ2) is 10.8. The molecule has 0 spiro atoms. The van der Waals surface area contributed by atoms with Crippen LogP contribution in [0.5, 0.6) is 0 Å². The van der Waals surface area contributed by atoms with Crippen LogP contribution in [0, 0.1) is 0 Å². The number of amides is 1. The van der Waals surface area contributed by atoms with Crippen molar-refractivity contribution in [1.29, 1.82) is 0 Å². The summed E-state index contributed by atoms with van der Waals surface area (Å²) in [7, 11) is 0. The third kappa shape index (κ3) is 6.01. The number of carbonyl (C=O) groups is 1. The van der Waals surface area contributed by atoms with E-state index in [2.05, 4.69) is 61.2 Å². The molecule has 2 aliphatic carbocycles. The molecule has 0 unspecified atom stereocenters. The number of aromatic nitrogens is 5. The van der Waals surface area contributed by atoms with Crippen LogP contribution in [0.4, 0.5) is 22.4 Å². The molecule has 0 saturated heterocycles. The summed E-state index contributed by atoms with van der Waals surface area (Å²) < 4.78 is 7.07. The lowest BCUT2D eigenvalue weighted by atomic mass is 10.0. The molecular formula is C31H36N8O2. The van der Waals surface area contributed by atoms with Crippen LogP contribution in [-0.4, -0.2) is 42.7 Å². The van der Waals surface area contributed by atoms with Crippen LogP contribution in [-0.2, 0) is 30.4 Å². The fraction of sp³-hybridized carbons (Fsp3) is 0.387. The molecule has 0 saturated carbocycles. The SMILES string of the molecule is CC(C)(C)OC(=O)N[C@@H]1CCc2ccc(Nc3nc(N)nn3-c3cc4c(nn3)-c3ccccc3CCC4)cc2CC1. The van der Waals surface area contributed by atoms with E-state index in [1.54, 1.807) is 4.68 Å². The Hall–Kier alpha value is -4.47. The number of nitrogen functional groups attached to an aromatic ring is 1. The molecule has 1 atom stereocenters. The van der Waals surface area contributed by atoms with Gasteiger partial charge in [0.05, 0.1) is 5.69 Å². The Morgan fingerprint density at radius 2 is 1.73 bits per heavy atom. The highest BCUT2D eigenvalue weighted by molar-refractivity contribution is 5.69. The van der Waals surface area contributed by atoms with Crippen molar-refractivity contribution in [3.63, 3.8) is 0 Å². The highest BCUT2D eigenvalue weighted by Gasteiger charge is 2.23. The zero-order valence-corrected chi connectivity index (χ0v) is 23.8. The number of anilines is 3. The van der Waals surface area contributed by atoms with E-state index in [1.165, 1.54) is 16.7 Å². The minimum Gasteiger partial charge on any atom is -0.444 e. The Balaban J connectivity index is 1.20. The van der Waals surface area contributed by atoms with Crippen molar-refractivity contribution in [2.75, 3.05) is 11.1 Å². The Labute approximate surface area is 239 Å². The molecule has 4 N–H and O–H groups in total. The van der Waals surface area contributed by atoms with E-state index >= 15 is 0 Å². The first-order chi connectivity index (χ1) is 19.7. The van der Waals surface area contributed by atoms with E-state index in [1.807, 2.05) is 39.0 Å². The number of nitrogens with two attached hydrogens (primary N) is 1. The first-order valence-electron chi connectivity index (χ1n) is 14.3. The number of alkyl carbamates (subject to hydrolysis) is 1. The number of ether oxygens (including phenoxy) is 1. The van der Waals surface area contributed by atoms with Crippen LogP contribution in [0.2, 0.25) is 0 Å². The first-order valence-corrected chi connectivity index (χ1v) is 14.3. The molecule has 2 aromatic carbocycles. The number of aryl methyl sites for hydroxylation is 4. The van der Waals surface area contributed by atoms with Crippen molar-refractivity contribution in [2.24, 2.45) is 0 Å². The van der Waals surface area contributed by atoms with Gasteiger partial charge in [-0.15, -0.1) is 15.3 Å². The number of nitrogens with one attached hydrogen (secondary N) is 2. The number of carbonyl (C=O) groups excluding carboxylic acids is 1. The first kappa shape index (κ1) is 26.7. The van der Waals surface area contributed by atoms with Gasteiger partial charge >= 0.3 is 6.09 Å². The number of nitrogens with zero attached hydrogens (tertiary/aromatic N) is 5. The van der Waals surface area contributed by atoms with Gasteiger partial charge in [0.15, 0.2) is 5.82 Å². The fourth-order valence-electron chi connectivity index (χ4n) is 5.68. The highest BCUT2D eigenvalue weighted by Crippen LogP contribution is 2.32. The van der Waals surface area contributed by atoms with E-state index in [4.69, 9.17) is 10.5 Å². The van der Waals surface area contributed by atoms with Gasteiger partial charge in [0.1, 0.15) is 5.60 Å². The molecule has 0 aliphatic heterocycles. The van der Waals surface area contributed by atoms with Gasteiger partial charge in [-0.3, -0.25) is 0 Å². The topological polar surface area (TPSA) is 133 Å². The largest absolute Gasteiger partial charge is 0.444 e. The molecule has 2 heterocycles. The monoisotopic (exact) mass is 552 g/mol. The molecule has 1 amide bonds. The van der Waals surface area contributed by atoms with Crippen LogP contribution in [0.1, 0.15) is 62.3 Å². The maximum absolute atomic E-state index is 12.3. The Morgan fingerprint density at radius 3 is 2.56 bits per heavy atom. The molecule has 10 heteroatoms. The zero-order chi connectivity index (χ0) is 28.6. The van der Waals surface area contributed by atoms with E-state index in [0.29, 0.717) is 11.8 Å². The van der Waals surface area contributed by atoms with E-state index < -0.39 is 5.60 Å². The minimum absolute atomic E-state index is 0.0651. The van der Waals surface area contributed by atoms with Crippen molar-refractivity contribution in [3.05, 3.63) is 70.8 Å². The average Bonchev–Trinajstić information content (AvgIpc) is 3.07. The normalized spacial score (nSPS) is 16.4. The van der Waals surface area contributed by atoms with Crippen LogP contribution >= 0.6 is 0 Å². The predicted molar refractivity (Wildman–Crippen MR) is 158 cm³/mol. The van der Waals surface area contributed by atoms with Crippen molar-refractivity contribution >= 4 is 23.7 Å². The van der Waals surface area contributed by atoms with Gasteiger partial charge in [0.2, 0.25) is 11.9 Å². The molecule has 2 aliphatic rings. The summed E-state index contributed by atoms with van der Waals surface area (Å²) in [5.41, 5.74) is 13.4. The van der Waals surface area contributed by atoms with Crippen LogP contribution < -0.4 is 16.4 Å². The molecule has 212 valence electrons. The molecule has 2 aromatic heterocycles. The standard InChI is InChI=1S/C31H36N8O2/c1-31(2,3)41-30(40)34-23-14-11-19-12-16-24(17-21(19)13-15-23)33-29-35-28(32)38-39(29)26-18-22-9-6-8-20-7-4-5-10-25(20)27(22)37-36-26/h4-5,7,10,12,16-18,23H,6,8-9,11,13-15H2,1-3H3,(H,34,40)(H3,32,33,35,38)/t23-/m1/s1. The Morgan fingerprint density at radius 1 is 0.951 bits per heavy atom. The summed E-state index contributed by atoms with van der Waals surface area (Å²) in [6.45, 7) is 5.62. The summed E-state index contributed by atoms with van der Waals surface area (Å²) in [6, 6.07) is 16.8. The van der Waals surface area contributed by atoms with Gasteiger partial charge in [-0.05, 0) is 106 Å². The lowest BCUT2D eigenvalue weighted by Crippen LogP contribution is -2.39. The van der Waals surface area contributed by atoms with E-state index in [9.17, 15) is 4.79 Å². The van der Waals surface area contributed by atoms with Gasteiger partial charge in [-0.1, -0.05) is 30.3 Å². The van der Waals surface area contributed by atoms with Crippen molar-refractivity contribution in [3.8, 4) is 17.1 Å². The third-order valence-corrected chi connectivity index (χ3v) is 7.57. The quantitative estimate of drug-likeness (QED) is 0.290. The number of benzene rings is 2. The predicted octanol–water partition coefficient (Wildman–Crippen LogP) is 5.31. The minimum atomic E-state index is -0.516.